The molecule has 9 heteroatoms. The van der Waals surface area contributed by atoms with Crippen LogP contribution in [0.25, 0.3) is 11.1 Å². The van der Waals surface area contributed by atoms with E-state index in [0.717, 1.165) is 6.42 Å². The van der Waals surface area contributed by atoms with E-state index in [0.29, 0.717) is 18.3 Å². The molecule has 2 rings (SSSR count). The molecule has 1 aromatic heterocycles. The summed E-state index contributed by atoms with van der Waals surface area (Å²) in [6, 6.07) is 4.40. The third kappa shape index (κ3) is 4.25. The number of carbonyl (C=O) groups is 2. The molecule has 0 bridgehead atoms. The number of aromatic nitrogens is 1. The number of nitrogen functional groups attached to an aromatic ring is 1. The Bertz CT molecular complexity index is 963. The van der Waals surface area contributed by atoms with E-state index in [1.54, 1.807) is 0 Å². The molecule has 2 aromatic rings. The summed E-state index contributed by atoms with van der Waals surface area (Å²) in [5.74, 6) is -2.35. The van der Waals surface area contributed by atoms with Crippen molar-refractivity contribution < 1.29 is 29.3 Å². The molecule has 0 aliphatic carbocycles. The van der Waals surface area contributed by atoms with Gasteiger partial charge in [0.1, 0.15) is 16.9 Å². The maximum Gasteiger partial charge on any atom is 0.342 e. The van der Waals surface area contributed by atoms with Crippen LogP contribution in [0.2, 0.25) is 0 Å². The van der Waals surface area contributed by atoms with Crippen LogP contribution in [0.15, 0.2) is 23.0 Å². The van der Waals surface area contributed by atoms with E-state index >= 15 is 0 Å². The van der Waals surface area contributed by atoms with Gasteiger partial charge >= 0.3 is 11.9 Å². The maximum absolute atomic E-state index is 12.1. The number of anilines is 1. The third-order valence-corrected chi connectivity index (χ3v) is 4.08. The summed E-state index contributed by atoms with van der Waals surface area (Å²) < 4.78 is 11.0. The molecular formula is C19H22N2O7. The summed E-state index contributed by atoms with van der Waals surface area (Å²) in [5, 5.41) is 18.9. The monoisotopic (exact) mass is 390 g/mol. The van der Waals surface area contributed by atoms with Gasteiger partial charge in [0.2, 0.25) is 0 Å². The average molecular weight is 390 g/mol. The smallest absolute Gasteiger partial charge is 0.342 e. The Balaban J connectivity index is 2.66. The first-order chi connectivity index (χ1) is 13.2. The Labute approximate surface area is 160 Å². The molecule has 0 fully saturated rings. The number of ether oxygens (including phenoxy) is 2. The number of aromatic carboxylic acids is 2. The summed E-state index contributed by atoms with van der Waals surface area (Å²) in [7, 11) is 1.40. The lowest BCUT2D eigenvalue weighted by Gasteiger charge is -2.15. The van der Waals surface area contributed by atoms with Gasteiger partial charge in [-0.3, -0.25) is 4.79 Å². The number of aromatic amines is 1. The Kier molecular flexibility index (Phi) is 6.29. The predicted octanol–water partition coefficient (Wildman–Crippen LogP) is 2.45. The second-order valence-electron chi connectivity index (χ2n) is 6.50. The molecule has 0 atom stereocenters. The van der Waals surface area contributed by atoms with Crippen molar-refractivity contribution >= 4 is 17.8 Å². The molecule has 9 nitrogen and oxygen atoms in total. The zero-order valence-corrected chi connectivity index (χ0v) is 15.7. The molecule has 1 heterocycles. The van der Waals surface area contributed by atoms with Gasteiger partial charge in [-0.25, -0.2) is 9.59 Å². The summed E-state index contributed by atoms with van der Waals surface area (Å²) >= 11 is 0. The predicted molar refractivity (Wildman–Crippen MR) is 102 cm³/mol. The topological polar surface area (TPSA) is 152 Å². The van der Waals surface area contributed by atoms with Gasteiger partial charge in [0.25, 0.3) is 5.56 Å². The highest BCUT2D eigenvalue weighted by Gasteiger charge is 2.27. The zero-order chi connectivity index (χ0) is 21.0. The largest absolute Gasteiger partial charge is 0.493 e. The van der Waals surface area contributed by atoms with Crippen molar-refractivity contribution in [2.24, 2.45) is 5.92 Å². The lowest BCUT2D eigenvalue weighted by Crippen LogP contribution is -2.24. The molecule has 0 amide bonds. The number of nitrogens with two attached hydrogens (primary N) is 1. The minimum atomic E-state index is -1.57. The van der Waals surface area contributed by atoms with Crippen LogP contribution >= 0.6 is 0 Å². The van der Waals surface area contributed by atoms with E-state index in [-0.39, 0.29) is 16.9 Å². The number of methoxy groups -OCH3 is 1. The standard InChI is InChI=1S/C19H22N2O7/c1-9(2)6-7-28-11-5-4-10(8-12(11)27-3)13-14(18(23)24)16(20)21-17(22)15(13)19(25)26/h4-5,8-9H,6-7H2,1-3H3,(H,23,24)(H,25,26)(H3,20,21,22). The van der Waals surface area contributed by atoms with Crippen molar-refractivity contribution in [1.29, 1.82) is 0 Å². The fourth-order valence-electron chi connectivity index (χ4n) is 2.68. The van der Waals surface area contributed by atoms with Crippen molar-refractivity contribution in [3.05, 3.63) is 39.7 Å². The Morgan fingerprint density at radius 3 is 2.32 bits per heavy atom. The van der Waals surface area contributed by atoms with Crippen LogP contribution < -0.4 is 20.8 Å². The summed E-state index contributed by atoms with van der Waals surface area (Å²) in [6.45, 7) is 4.57. The number of H-pyrrole nitrogens is 1. The number of carboxylic acid groups (broad SMARTS) is 2. The number of pyridine rings is 1. The molecule has 28 heavy (non-hydrogen) atoms. The molecule has 0 spiro atoms. The molecule has 1 aromatic carbocycles. The van der Waals surface area contributed by atoms with Crippen LogP contribution in [0, 0.1) is 5.92 Å². The molecule has 0 saturated heterocycles. The molecule has 0 saturated carbocycles. The molecule has 0 unspecified atom stereocenters. The van der Waals surface area contributed by atoms with Gasteiger partial charge in [0.15, 0.2) is 11.5 Å². The highest BCUT2D eigenvalue weighted by molar-refractivity contribution is 6.07. The van der Waals surface area contributed by atoms with Crippen LogP contribution in [-0.2, 0) is 0 Å². The van der Waals surface area contributed by atoms with Crippen molar-refractivity contribution in [3.63, 3.8) is 0 Å². The second-order valence-corrected chi connectivity index (χ2v) is 6.50. The minimum absolute atomic E-state index is 0.153. The number of carboxylic acids is 2. The van der Waals surface area contributed by atoms with E-state index < -0.39 is 34.4 Å². The lowest BCUT2D eigenvalue weighted by molar-refractivity contribution is 0.0695. The summed E-state index contributed by atoms with van der Waals surface area (Å²) in [6.07, 6.45) is 0.821. The number of hydrogen-bond acceptors (Lipinski definition) is 6. The van der Waals surface area contributed by atoms with Gasteiger partial charge in [-0.15, -0.1) is 0 Å². The fraction of sp³-hybridized carbons (Fsp3) is 0.316. The van der Waals surface area contributed by atoms with Crippen LogP contribution in [0.5, 0.6) is 11.5 Å². The maximum atomic E-state index is 12.1. The first-order valence-corrected chi connectivity index (χ1v) is 8.50. The van der Waals surface area contributed by atoms with Gasteiger partial charge in [0.05, 0.1) is 13.7 Å². The number of rotatable bonds is 8. The van der Waals surface area contributed by atoms with E-state index in [2.05, 4.69) is 18.8 Å². The highest BCUT2D eigenvalue weighted by atomic mass is 16.5. The van der Waals surface area contributed by atoms with E-state index in [1.165, 1.54) is 25.3 Å². The summed E-state index contributed by atoms with van der Waals surface area (Å²) in [5.41, 5.74) is 3.27. The van der Waals surface area contributed by atoms with Crippen molar-refractivity contribution in [2.75, 3.05) is 19.5 Å². The molecule has 0 aliphatic rings. The first kappa shape index (κ1) is 20.8. The number of hydrogen-bond donors (Lipinski definition) is 4. The first-order valence-electron chi connectivity index (χ1n) is 8.50. The van der Waals surface area contributed by atoms with Crippen LogP contribution in [0.4, 0.5) is 5.82 Å². The Hall–Kier alpha value is -3.49. The lowest BCUT2D eigenvalue weighted by atomic mass is 9.95. The molecule has 0 aliphatic heterocycles. The summed E-state index contributed by atoms with van der Waals surface area (Å²) in [4.78, 5) is 37.5. The third-order valence-electron chi connectivity index (χ3n) is 4.08. The highest BCUT2D eigenvalue weighted by Crippen LogP contribution is 2.36. The van der Waals surface area contributed by atoms with E-state index in [4.69, 9.17) is 15.2 Å². The molecule has 150 valence electrons. The van der Waals surface area contributed by atoms with Gasteiger partial charge in [-0.1, -0.05) is 19.9 Å². The van der Waals surface area contributed by atoms with Crippen molar-refractivity contribution in [3.8, 4) is 22.6 Å². The van der Waals surface area contributed by atoms with Crippen LogP contribution in [0.1, 0.15) is 41.0 Å². The normalized spacial score (nSPS) is 10.7. The second kappa shape index (κ2) is 8.47. The van der Waals surface area contributed by atoms with Crippen molar-refractivity contribution in [1.82, 2.24) is 4.98 Å². The van der Waals surface area contributed by atoms with E-state index in [9.17, 15) is 24.6 Å². The van der Waals surface area contributed by atoms with Gasteiger partial charge in [0, 0.05) is 5.56 Å². The van der Waals surface area contributed by atoms with E-state index in [1.807, 2.05) is 0 Å². The van der Waals surface area contributed by atoms with Crippen molar-refractivity contribution in [2.45, 2.75) is 20.3 Å². The Morgan fingerprint density at radius 1 is 1.14 bits per heavy atom. The van der Waals surface area contributed by atoms with Gasteiger partial charge < -0.3 is 30.4 Å². The molecular weight excluding hydrogens is 368 g/mol. The zero-order valence-electron chi connectivity index (χ0n) is 15.7. The minimum Gasteiger partial charge on any atom is -0.493 e. The molecule has 5 N–H and O–H groups in total. The number of benzene rings is 1. The Morgan fingerprint density at radius 2 is 1.79 bits per heavy atom. The van der Waals surface area contributed by atoms with Gasteiger partial charge in [-0.05, 0) is 30.0 Å². The quantitative estimate of drug-likeness (QED) is 0.536. The SMILES string of the molecule is COc1cc(-c2c(C(=O)O)c(N)[nH]c(=O)c2C(=O)O)ccc1OCCC(C)C. The van der Waals surface area contributed by atoms with Crippen LogP contribution in [-0.4, -0.2) is 40.9 Å². The average Bonchev–Trinajstić information content (AvgIpc) is 2.60. The number of nitrogens with one attached hydrogen (secondary N) is 1. The van der Waals surface area contributed by atoms with Gasteiger partial charge in [-0.2, -0.15) is 0 Å². The molecule has 0 radical (unpaired) electrons. The van der Waals surface area contributed by atoms with Crippen LogP contribution in [0.3, 0.4) is 0 Å². The fourth-order valence-corrected chi connectivity index (χ4v) is 2.68.